The summed E-state index contributed by atoms with van der Waals surface area (Å²) >= 11 is 0. The molecule has 1 aromatic heterocycles. The standard InChI is InChI=1S/C25H34N4O3/c1-18(2)11-13-27-24-22(10-7-12-26-24)25(32)29-15-19(3)28(17-21(29)14-23(30)31)16-20-8-5-4-6-9-20/h4-10,12,18-19,21H,11,13-17H2,1-3H3,(H,26,27)(H,30,31)/t19-,21-/m0/s1. The van der Waals surface area contributed by atoms with E-state index in [4.69, 9.17) is 0 Å². The van der Waals surface area contributed by atoms with Gasteiger partial charge in [-0.3, -0.25) is 14.5 Å². The lowest BCUT2D eigenvalue weighted by molar-refractivity contribution is -0.139. The molecular weight excluding hydrogens is 404 g/mol. The van der Waals surface area contributed by atoms with Gasteiger partial charge in [0.15, 0.2) is 0 Å². The van der Waals surface area contributed by atoms with Crippen molar-refractivity contribution in [1.82, 2.24) is 14.8 Å². The highest BCUT2D eigenvalue weighted by Gasteiger charge is 2.36. The second-order valence-corrected chi connectivity index (χ2v) is 8.98. The maximum atomic E-state index is 13.6. The monoisotopic (exact) mass is 438 g/mol. The van der Waals surface area contributed by atoms with Crippen molar-refractivity contribution in [2.24, 2.45) is 5.92 Å². The molecule has 172 valence electrons. The highest BCUT2D eigenvalue weighted by Crippen LogP contribution is 2.24. The van der Waals surface area contributed by atoms with E-state index < -0.39 is 12.0 Å². The zero-order valence-electron chi connectivity index (χ0n) is 19.2. The summed E-state index contributed by atoms with van der Waals surface area (Å²) < 4.78 is 0. The minimum Gasteiger partial charge on any atom is -0.481 e. The lowest BCUT2D eigenvalue weighted by Crippen LogP contribution is -2.59. The molecule has 0 saturated carbocycles. The van der Waals surface area contributed by atoms with Gasteiger partial charge in [0.05, 0.1) is 18.0 Å². The predicted molar refractivity (Wildman–Crippen MR) is 126 cm³/mol. The first kappa shape index (κ1) is 23.7. The molecule has 2 heterocycles. The number of aromatic nitrogens is 1. The predicted octanol–water partition coefficient (Wildman–Crippen LogP) is 3.73. The number of piperazine rings is 1. The van der Waals surface area contributed by atoms with Crippen molar-refractivity contribution in [3.05, 3.63) is 59.8 Å². The van der Waals surface area contributed by atoms with E-state index in [0.717, 1.165) is 19.5 Å². The number of benzene rings is 1. The van der Waals surface area contributed by atoms with Crippen LogP contribution in [0, 0.1) is 5.92 Å². The van der Waals surface area contributed by atoms with Crippen LogP contribution >= 0.6 is 0 Å². The van der Waals surface area contributed by atoms with Crippen LogP contribution in [0.25, 0.3) is 0 Å². The van der Waals surface area contributed by atoms with Gasteiger partial charge in [-0.05, 0) is 37.0 Å². The molecule has 1 aliphatic heterocycles. The summed E-state index contributed by atoms with van der Waals surface area (Å²) in [4.78, 5) is 33.5. The highest BCUT2D eigenvalue weighted by atomic mass is 16.4. The summed E-state index contributed by atoms with van der Waals surface area (Å²) in [6, 6.07) is 13.4. The van der Waals surface area contributed by atoms with E-state index in [1.165, 1.54) is 5.56 Å². The number of nitrogens with one attached hydrogen (secondary N) is 1. The summed E-state index contributed by atoms with van der Waals surface area (Å²) in [5.41, 5.74) is 1.67. The first-order valence-corrected chi connectivity index (χ1v) is 11.3. The van der Waals surface area contributed by atoms with E-state index in [1.54, 1.807) is 23.2 Å². The maximum absolute atomic E-state index is 13.6. The van der Waals surface area contributed by atoms with E-state index in [2.05, 4.69) is 48.1 Å². The lowest BCUT2D eigenvalue weighted by Gasteiger charge is -2.45. The minimum absolute atomic E-state index is 0.0832. The van der Waals surface area contributed by atoms with E-state index in [1.807, 2.05) is 18.2 Å². The van der Waals surface area contributed by atoms with Gasteiger partial charge < -0.3 is 15.3 Å². The smallest absolute Gasteiger partial charge is 0.305 e. The summed E-state index contributed by atoms with van der Waals surface area (Å²) in [5, 5.41) is 12.8. The third-order valence-electron chi connectivity index (χ3n) is 5.92. The van der Waals surface area contributed by atoms with E-state index in [0.29, 0.717) is 30.4 Å². The van der Waals surface area contributed by atoms with Crippen LogP contribution in [-0.4, -0.2) is 63.5 Å². The van der Waals surface area contributed by atoms with Gasteiger partial charge in [-0.1, -0.05) is 44.2 Å². The normalized spacial score (nSPS) is 19.2. The highest BCUT2D eigenvalue weighted by molar-refractivity contribution is 5.99. The largest absolute Gasteiger partial charge is 0.481 e. The molecule has 0 radical (unpaired) electrons. The Morgan fingerprint density at radius 1 is 1.16 bits per heavy atom. The van der Waals surface area contributed by atoms with Crippen LogP contribution in [0.1, 0.15) is 49.5 Å². The van der Waals surface area contributed by atoms with Crippen molar-refractivity contribution < 1.29 is 14.7 Å². The van der Waals surface area contributed by atoms with Gasteiger partial charge in [0.25, 0.3) is 5.91 Å². The second-order valence-electron chi connectivity index (χ2n) is 8.98. The summed E-state index contributed by atoms with van der Waals surface area (Å²) in [6.45, 7) is 8.85. The molecule has 3 rings (SSSR count). The average Bonchev–Trinajstić information content (AvgIpc) is 2.76. The first-order chi connectivity index (χ1) is 15.3. The Morgan fingerprint density at radius 3 is 2.59 bits per heavy atom. The molecule has 0 unspecified atom stereocenters. The number of nitrogens with zero attached hydrogens (tertiary/aromatic N) is 3. The molecule has 2 N–H and O–H groups in total. The SMILES string of the molecule is CC(C)CCNc1ncccc1C(=O)N1C[C@H](C)N(Cc2ccccc2)C[C@@H]1CC(=O)O. The van der Waals surface area contributed by atoms with E-state index >= 15 is 0 Å². The molecule has 7 nitrogen and oxygen atoms in total. The molecule has 0 aliphatic carbocycles. The molecular formula is C25H34N4O3. The number of amides is 1. The second kappa shape index (κ2) is 11.1. The van der Waals surface area contributed by atoms with Crippen LogP contribution in [0.2, 0.25) is 0 Å². The topological polar surface area (TPSA) is 85.8 Å². The molecule has 0 bridgehead atoms. The van der Waals surface area contributed by atoms with Crippen molar-refractivity contribution in [2.45, 2.75) is 52.2 Å². The van der Waals surface area contributed by atoms with E-state index in [9.17, 15) is 14.7 Å². The number of carboxylic acid groups (broad SMARTS) is 1. The molecule has 32 heavy (non-hydrogen) atoms. The molecule has 1 saturated heterocycles. The molecule has 2 atom stereocenters. The van der Waals surface area contributed by atoms with Crippen molar-refractivity contribution in [1.29, 1.82) is 0 Å². The number of carbonyl (C=O) groups is 2. The molecule has 0 spiro atoms. The summed E-state index contributed by atoms with van der Waals surface area (Å²) in [7, 11) is 0. The quantitative estimate of drug-likeness (QED) is 0.621. The molecule has 1 aromatic carbocycles. The van der Waals surface area contributed by atoms with Gasteiger partial charge >= 0.3 is 5.97 Å². The number of anilines is 1. The number of rotatable bonds is 9. The zero-order valence-corrected chi connectivity index (χ0v) is 19.2. The van der Waals surface area contributed by atoms with Crippen molar-refractivity contribution >= 4 is 17.7 Å². The first-order valence-electron chi connectivity index (χ1n) is 11.3. The number of pyridine rings is 1. The van der Waals surface area contributed by atoms with E-state index in [-0.39, 0.29) is 18.4 Å². The third-order valence-corrected chi connectivity index (χ3v) is 5.92. The number of carbonyl (C=O) groups excluding carboxylic acids is 1. The Hall–Kier alpha value is -2.93. The van der Waals surface area contributed by atoms with Gasteiger partial charge in [0.2, 0.25) is 0 Å². The van der Waals surface area contributed by atoms with Crippen molar-refractivity contribution in [2.75, 3.05) is 25.0 Å². The van der Waals surface area contributed by atoms with Crippen LogP contribution in [0.5, 0.6) is 0 Å². The van der Waals surface area contributed by atoms with Crippen LogP contribution in [0.3, 0.4) is 0 Å². The van der Waals surface area contributed by atoms with Crippen LogP contribution < -0.4 is 5.32 Å². The van der Waals surface area contributed by atoms with Gasteiger partial charge in [-0.25, -0.2) is 4.98 Å². The molecule has 1 aliphatic rings. The Bertz CT molecular complexity index is 903. The molecule has 1 amide bonds. The van der Waals surface area contributed by atoms with Crippen molar-refractivity contribution in [3.8, 4) is 0 Å². The fourth-order valence-corrected chi connectivity index (χ4v) is 4.11. The van der Waals surface area contributed by atoms with Crippen LogP contribution in [0.4, 0.5) is 5.82 Å². The summed E-state index contributed by atoms with van der Waals surface area (Å²) in [6.07, 6.45) is 2.56. The Morgan fingerprint density at radius 2 is 1.91 bits per heavy atom. The summed E-state index contributed by atoms with van der Waals surface area (Å²) in [5.74, 6) is 0.0431. The fourth-order valence-electron chi connectivity index (χ4n) is 4.11. The minimum atomic E-state index is -0.900. The van der Waals surface area contributed by atoms with Crippen LogP contribution in [0.15, 0.2) is 48.7 Å². The Balaban J connectivity index is 1.78. The third kappa shape index (κ3) is 6.29. The number of aliphatic carboxylic acids is 1. The van der Waals surface area contributed by atoms with Gasteiger partial charge in [0, 0.05) is 38.4 Å². The average molecular weight is 439 g/mol. The number of carboxylic acids is 1. The van der Waals surface area contributed by atoms with Gasteiger partial charge in [-0.2, -0.15) is 0 Å². The number of hydrogen-bond donors (Lipinski definition) is 2. The Labute approximate surface area is 190 Å². The van der Waals surface area contributed by atoms with Gasteiger partial charge in [0.1, 0.15) is 5.82 Å². The van der Waals surface area contributed by atoms with Gasteiger partial charge in [-0.15, -0.1) is 0 Å². The van der Waals surface area contributed by atoms with Crippen LogP contribution in [-0.2, 0) is 11.3 Å². The fraction of sp³-hybridized carbons (Fsp3) is 0.480. The number of hydrogen-bond acceptors (Lipinski definition) is 5. The van der Waals surface area contributed by atoms with Crippen molar-refractivity contribution in [3.63, 3.8) is 0 Å². The molecule has 7 heteroatoms. The molecule has 1 fully saturated rings. The zero-order chi connectivity index (χ0) is 23.1. The lowest BCUT2D eigenvalue weighted by atomic mass is 10.0. The molecule has 2 aromatic rings. The Kier molecular flexibility index (Phi) is 8.22. The maximum Gasteiger partial charge on any atom is 0.305 e.